The molecule has 2 amide bonds. The molecule has 1 heterocycles. The third kappa shape index (κ3) is 5.77. The number of rotatable bonds is 5. The number of sulfonamides is 1. The van der Waals surface area contributed by atoms with E-state index < -0.39 is 28.1 Å². The molecule has 0 spiro atoms. The lowest BCUT2D eigenvalue weighted by molar-refractivity contribution is -0.140. The molecule has 1 saturated carbocycles. The molecule has 0 radical (unpaired) electrons. The Balaban J connectivity index is 1.57. The van der Waals surface area contributed by atoms with Crippen molar-refractivity contribution in [2.75, 3.05) is 19.7 Å². The van der Waals surface area contributed by atoms with E-state index in [9.17, 15) is 18.0 Å². The number of carbonyl (C=O) groups is 2. The topological polar surface area (TPSA) is 105 Å². The number of amides is 2. The summed E-state index contributed by atoms with van der Waals surface area (Å²) in [6.07, 6.45) is 5.90. The van der Waals surface area contributed by atoms with E-state index in [0.717, 1.165) is 38.5 Å². The minimum atomic E-state index is -3.75. The number of hydrogen-bond acceptors (Lipinski definition) is 5. The van der Waals surface area contributed by atoms with Crippen LogP contribution in [0.2, 0.25) is 0 Å². The van der Waals surface area contributed by atoms with Crippen LogP contribution in [-0.4, -0.2) is 56.5 Å². The molecule has 0 aromatic heterocycles. The van der Waals surface area contributed by atoms with E-state index in [2.05, 4.69) is 10.6 Å². The van der Waals surface area contributed by atoms with Gasteiger partial charge in [-0.25, -0.2) is 8.42 Å². The summed E-state index contributed by atoms with van der Waals surface area (Å²) < 4.78 is 32.7. The minimum Gasteiger partial charge on any atom is -0.360 e. The molecule has 0 bridgehead atoms. The average Bonchev–Trinajstić information content (AvgIpc) is 3.01. The van der Waals surface area contributed by atoms with Crippen molar-refractivity contribution in [1.29, 1.82) is 0 Å². The van der Waals surface area contributed by atoms with Crippen molar-refractivity contribution in [3.63, 3.8) is 0 Å². The van der Waals surface area contributed by atoms with E-state index in [1.54, 1.807) is 18.2 Å². The molecule has 2 N–H and O–H groups in total. The van der Waals surface area contributed by atoms with Crippen LogP contribution in [0, 0.1) is 0 Å². The molecule has 1 aliphatic carbocycles. The van der Waals surface area contributed by atoms with Gasteiger partial charge in [-0.3, -0.25) is 9.59 Å². The third-order valence-corrected chi connectivity index (χ3v) is 7.24. The number of ether oxygens (including phenoxy) is 1. The van der Waals surface area contributed by atoms with E-state index in [-0.39, 0.29) is 17.5 Å². The fraction of sp³-hybridized carbons (Fsp3) is 0.600. The van der Waals surface area contributed by atoms with Crippen molar-refractivity contribution in [1.82, 2.24) is 14.9 Å². The normalized spacial score (nSPS) is 21.9. The van der Waals surface area contributed by atoms with Gasteiger partial charge in [-0.1, -0.05) is 43.9 Å². The Morgan fingerprint density at radius 2 is 1.69 bits per heavy atom. The summed E-state index contributed by atoms with van der Waals surface area (Å²) in [5.74, 6) is -1.44. The van der Waals surface area contributed by atoms with Crippen molar-refractivity contribution in [2.24, 2.45) is 0 Å². The van der Waals surface area contributed by atoms with Crippen LogP contribution in [-0.2, 0) is 24.3 Å². The van der Waals surface area contributed by atoms with Crippen LogP contribution in [0.25, 0.3) is 0 Å². The van der Waals surface area contributed by atoms with Gasteiger partial charge in [-0.15, -0.1) is 0 Å². The highest BCUT2D eigenvalue weighted by Crippen LogP contribution is 2.22. The Hall–Kier alpha value is -1.97. The van der Waals surface area contributed by atoms with Gasteiger partial charge in [-0.2, -0.15) is 4.31 Å². The van der Waals surface area contributed by atoms with Crippen LogP contribution < -0.4 is 10.6 Å². The Morgan fingerprint density at radius 1 is 1.00 bits per heavy atom. The largest absolute Gasteiger partial charge is 0.360 e. The van der Waals surface area contributed by atoms with Gasteiger partial charge in [0.05, 0.1) is 18.0 Å². The van der Waals surface area contributed by atoms with E-state index >= 15 is 0 Å². The van der Waals surface area contributed by atoms with E-state index in [4.69, 9.17) is 4.74 Å². The van der Waals surface area contributed by atoms with Gasteiger partial charge >= 0.3 is 11.8 Å². The second-order valence-electron chi connectivity index (χ2n) is 7.48. The first-order valence-corrected chi connectivity index (χ1v) is 11.7. The van der Waals surface area contributed by atoms with Gasteiger partial charge in [0, 0.05) is 12.6 Å². The summed E-state index contributed by atoms with van der Waals surface area (Å²) >= 11 is 0. The van der Waals surface area contributed by atoms with E-state index in [1.165, 1.54) is 16.4 Å². The van der Waals surface area contributed by atoms with Gasteiger partial charge in [0.2, 0.25) is 10.0 Å². The van der Waals surface area contributed by atoms with E-state index in [0.29, 0.717) is 19.6 Å². The van der Waals surface area contributed by atoms with Gasteiger partial charge in [0.25, 0.3) is 0 Å². The second kappa shape index (κ2) is 10.2. The first-order valence-electron chi connectivity index (χ1n) is 10.3. The molecule has 3 rings (SSSR count). The molecule has 2 aliphatic rings. The molecule has 0 unspecified atom stereocenters. The molecule has 1 saturated heterocycles. The van der Waals surface area contributed by atoms with Crippen molar-refractivity contribution in [3.8, 4) is 0 Å². The quantitative estimate of drug-likeness (QED) is 0.550. The molecule has 8 nitrogen and oxygen atoms in total. The number of hydrogen-bond donors (Lipinski definition) is 2. The van der Waals surface area contributed by atoms with Gasteiger partial charge in [0.15, 0.2) is 0 Å². The Kier molecular flexibility index (Phi) is 7.63. The maximum Gasteiger partial charge on any atom is 0.309 e. The van der Waals surface area contributed by atoms with Crippen LogP contribution in [0.15, 0.2) is 35.2 Å². The monoisotopic (exact) mass is 423 g/mol. The lowest BCUT2D eigenvalue weighted by Crippen LogP contribution is -2.53. The fourth-order valence-electron chi connectivity index (χ4n) is 3.77. The molecule has 1 aromatic rings. The van der Waals surface area contributed by atoms with Crippen LogP contribution in [0.5, 0.6) is 0 Å². The van der Waals surface area contributed by atoms with Crippen LogP contribution in [0.3, 0.4) is 0 Å². The maximum absolute atomic E-state index is 12.9. The summed E-state index contributed by atoms with van der Waals surface area (Å²) in [6.45, 7) is 0.616. The molecule has 160 valence electrons. The van der Waals surface area contributed by atoms with Gasteiger partial charge in [-0.05, 0) is 31.4 Å². The standard InChI is InChI=1S/C20H29N3O5S/c24-19(20(25)22-16-9-4-1-2-5-10-16)21-15-18-23(13-8-14-28-18)29(26,27)17-11-6-3-7-12-17/h3,6-7,11-12,16,18H,1-2,4-5,8-10,13-15H2,(H,21,24)(H,22,25)/t18-/m0/s1. The number of nitrogens with one attached hydrogen (secondary N) is 2. The van der Waals surface area contributed by atoms with Crippen molar-refractivity contribution in [3.05, 3.63) is 30.3 Å². The lowest BCUT2D eigenvalue weighted by atomic mass is 10.1. The summed E-state index contributed by atoms with van der Waals surface area (Å²) in [5, 5.41) is 5.32. The molecule has 2 fully saturated rings. The Labute approximate surface area is 172 Å². The van der Waals surface area contributed by atoms with Crippen LogP contribution >= 0.6 is 0 Å². The van der Waals surface area contributed by atoms with Crippen LogP contribution in [0.1, 0.15) is 44.9 Å². The zero-order valence-corrected chi connectivity index (χ0v) is 17.3. The predicted octanol–water partition coefficient (Wildman–Crippen LogP) is 1.38. The summed E-state index contributed by atoms with van der Waals surface area (Å²) in [4.78, 5) is 24.6. The smallest absolute Gasteiger partial charge is 0.309 e. The van der Waals surface area contributed by atoms with Gasteiger partial charge in [0.1, 0.15) is 6.23 Å². The van der Waals surface area contributed by atoms with Gasteiger partial charge < -0.3 is 15.4 Å². The maximum atomic E-state index is 12.9. The average molecular weight is 424 g/mol. The first kappa shape index (κ1) is 21.7. The van der Waals surface area contributed by atoms with E-state index in [1.807, 2.05) is 0 Å². The lowest BCUT2D eigenvalue weighted by Gasteiger charge is -2.34. The number of nitrogens with zero attached hydrogens (tertiary/aromatic N) is 1. The highest BCUT2D eigenvalue weighted by atomic mass is 32.2. The summed E-state index contributed by atoms with van der Waals surface area (Å²) in [7, 11) is -3.75. The number of benzene rings is 1. The van der Waals surface area contributed by atoms with Crippen LogP contribution in [0.4, 0.5) is 0 Å². The zero-order valence-electron chi connectivity index (χ0n) is 16.5. The molecule has 1 aliphatic heterocycles. The molecule has 9 heteroatoms. The molecule has 1 atom stereocenters. The molecule has 1 aromatic carbocycles. The zero-order chi connectivity index (χ0) is 20.7. The molecular formula is C20H29N3O5S. The fourth-order valence-corrected chi connectivity index (χ4v) is 5.35. The van der Waals surface area contributed by atoms with Crippen molar-refractivity contribution >= 4 is 21.8 Å². The number of carbonyl (C=O) groups excluding carboxylic acids is 2. The summed E-state index contributed by atoms with van der Waals surface area (Å²) in [5.41, 5.74) is 0. The van der Waals surface area contributed by atoms with Crippen molar-refractivity contribution in [2.45, 2.75) is 62.1 Å². The Bertz CT molecular complexity index is 792. The third-order valence-electron chi connectivity index (χ3n) is 5.34. The SMILES string of the molecule is O=C(NC[C@@H]1OCCCN1S(=O)(=O)c1ccccc1)C(=O)NC1CCCCCC1. The predicted molar refractivity (Wildman–Crippen MR) is 107 cm³/mol. The highest BCUT2D eigenvalue weighted by molar-refractivity contribution is 7.89. The van der Waals surface area contributed by atoms with Crippen molar-refractivity contribution < 1.29 is 22.7 Å². The first-order chi connectivity index (χ1) is 14.0. The second-order valence-corrected chi connectivity index (χ2v) is 9.37. The minimum absolute atomic E-state index is 0.0247. The summed E-state index contributed by atoms with van der Waals surface area (Å²) in [6, 6.07) is 8.14. The Morgan fingerprint density at radius 3 is 2.38 bits per heavy atom. The molecule has 29 heavy (non-hydrogen) atoms. The molecular weight excluding hydrogens is 394 g/mol. The highest BCUT2D eigenvalue weighted by Gasteiger charge is 2.35.